The molecular formula is C13H18F2N2O. The van der Waals surface area contributed by atoms with Crippen LogP contribution in [-0.2, 0) is 0 Å². The van der Waals surface area contributed by atoms with Crippen molar-refractivity contribution < 1.29 is 13.6 Å². The molecule has 0 fully saturated rings. The minimum atomic E-state index is -1.00. The maximum Gasteiger partial charge on any atom is 0.257 e. The van der Waals surface area contributed by atoms with Gasteiger partial charge in [-0.1, -0.05) is 19.8 Å². The second-order valence-electron chi connectivity index (χ2n) is 4.34. The zero-order valence-electron chi connectivity index (χ0n) is 10.6. The molecule has 0 bridgehead atoms. The van der Waals surface area contributed by atoms with Gasteiger partial charge in [0.1, 0.15) is 11.4 Å². The lowest BCUT2D eigenvalue weighted by atomic mass is 10.1. The molecule has 0 saturated heterocycles. The standard InChI is InChI=1S/C13H18F2N2O/c1-3-4-5-8(2)17-13(18)11-9(14)6-7-10(16)12(11)15/h6-8H,3-5,16H2,1-2H3,(H,17,18). The Balaban J connectivity index is 2.81. The highest BCUT2D eigenvalue weighted by molar-refractivity contribution is 5.95. The summed E-state index contributed by atoms with van der Waals surface area (Å²) in [4.78, 5) is 11.8. The number of nitrogens with one attached hydrogen (secondary N) is 1. The van der Waals surface area contributed by atoms with Crippen molar-refractivity contribution in [2.24, 2.45) is 0 Å². The van der Waals surface area contributed by atoms with Gasteiger partial charge in [0.05, 0.1) is 5.69 Å². The Morgan fingerprint density at radius 2 is 2.11 bits per heavy atom. The number of carbonyl (C=O) groups is 1. The molecule has 100 valence electrons. The number of unbranched alkanes of at least 4 members (excludes halogenated alkanes) is 1. The normalized spacial score (nSPS) is 12.2. The van der Waals surface area contributed by atoms with E-state index in [1.165, 1.54) is 0 Å². The molecule has 0 radical (unpaired) electrons. The number of amides is 1. The van der Waals surface area contributed by atoms with Crippen LogP contribution < -0.4 is 11.1 Å². The molecule has 1 amide bonds. The molecule has 0 spiro atoms. The van der Waals surface area contributed by atoms with Crippen LogP contribution >= 0.6 is 0 Å². The van der Waals surface area contributed by atoms with Crippen LogP contribution in [0.5, 0.6) is 0 Å². The van der Waals surface area contributed by atoms with E-state index in [4.69, 9.17) is 5.73 Å². The van der Waals surface area contributed by atoms with Crippen molar-refractivity contribution in [2.45, 2.75) is 39.2 Å². The fourth-order valence-corrected chi connectivity index (χ4v) is 1.66. The van der Waals surface area contributed by atoms with E-state index in [2.05, 4.69) is 5.32 Å². The van der Waals surface area contributed by atoms with Gasteiger partial charge in [-0.15, -0.1) is 0 Å². The van der Waals surface area contributed by atoms with Crippen LogP contribution in [0.4, 0.5) is 14.5 Å². The summed E-state index contributed by atoms with van der Waals surface area (Å²) in [6, 6.07) is 1.96. The summed E-state index contributed by atoms with van der Waals surface area (Å²) >= 11 is 0. The Labute approximate surface area is 105 Å². The van der Waals surface area contributed by atoms with Gasteiger partial charge in [-0.2, -0.15) is 0 Å². The number of carbonyl (C=O) groups excluding carboxylic acids is 1. The lowest BCUT2D eigenvalue weighted by Crippen LogP contribution is -2.33. The first-order chi connectivity index (χ1) is 8.47. The molecule has 3 nitrogen and oxygen atoms in total. The van der Waals surface area contributed by atoms with Crippen molar-refractivity contribution in [1.29, 1.82) is 0 Å². The third kappa shape index (κ3) is 3.42. The van der Waals surface area contributed by atoms with E-state index in [1.807, 2.05) is 6.92 Å². The Bertz CT molecular complexity index is 435. The van der Waals surface area contributed by atoms with E-state index in [1.54, 1.807) is 6.92 Å². The summed E-state index contributed by atoms with van der Waals surface area (Å²) in [6.07, 6.45) is 2.72. The molecule has 0 aliphatic carbocycles. The minimum absolute atomic E-state index is 0.127. The highest BCUT2D eigenvalue weighted by Gasteiger charge is 2.20. The molecule has 1 atom stereocenters. The van der Waals surface area contributed by atoms with E-state index in [-0.39, 0.29) is 11.7 Å². The Morgan fingerprint density at radius 1 is 1.44 bits per heavy atom. The predicted molar refractivity (Wildman–Crippen MR) is 67.2 cm³/mol. The van der Waals surface area contributed by atoms with Gasteiger partial charge in [0, 0.05) is 6.04 Å². The van der Waals surface area contributed by atoms with Crippen LogP contribution in [-0.4, -0.2) is 11.9 Å². The molecule has 5 heteroatoms. The molecule has 0 aromatic heterocycles. The Kier molecular flexibility index (Phi) is 5.07. The number of hydrogen-bond acceptors (Lipinski definition) is 2. The van der Waals surface area contributed by atoms with E-state index < -0.39 is 23.1 Å². The minimum Gasteiger partial charge on any atom is -0.396 e. The molecule has 1 aromatic rings. The van der Waals surface area contributed by atoms with Gasteiger partial charge in [0.15, 0.2) is 5.82 Å². The zero-order chi connectivity index (χ0) is 13.7. The summed E-state index contributed by atoms with van der Waals surface area (Å²) in [5, 5.41) is 2.57. The van der Waals surface area contributed by atoms with E-state index in [0.717, 1.165) is 31.4 Å². The van der Waals surface area contributed by atoms with Crippen LogP contribution in [0, 0.1) is 11.6 Å². The molecule has 0 saturated carbocycles. The molecule has 0 aliphatic heterocycles. The number of anilines is 1. The van der Waals surface area contributed by atoms with Gasteiger partial charge in [-0.05, 0) is 25.5 Å². The van der Waals surface area contributed by atoms with Crippen LogP contribution in [0.2, 0.25) is 0 Å². The number of hydrogen-bond donors (Lipinski definition) is 2. The van der Waals surface area contributed by atoms with Crippen molar-refractivity contribution >= 4 is 11.6 Å². The van der Waals surface area contributed by atoms with Crippen molar-refractivity contribution in [2.75, 3.05) is 5.73 Å². The Hall–Kier alpha value is -1.65. The number of nitrogen functional groups attached to an aromatic ring is 1. The van der Waals surface area contributed by atoms with Crippen molar-refractivity contribution in [1.82, 2.24) is 5.32 Å². The SMILES string of the molecule is CCCCC(C)NC(=O)c1c(F)ccc(N)c1F. The highest BCUT2D eigenvalue weighted by Crippen LogP contribution is 2.18. The van der Waals surface area contributed by atoms with E-state index in [0.29, 0.717) is 0 Å². The number of benzene rings is 1. The zero-order valence-corrected chi connectivity index (χ0v) is 10.6. The maximum absolute atomic E-state index is 13.6. The molecule has 1 rings (SSSR count). The molecule has 18 heavy (non-hydrogen) atoms. The van der Waals surface area contributed by atoms with E-state index in [9.17, 15) is 13.6 Å². The monoisotopic (exact) mass is 256 g/mol. The van der Waals surface area contributed by atoms with Crippen LogP contribution in [0.25, 0.3) is 0 Å². The van der Waals surface area contributed by atoms with Crippen molar-refractivity contribution in [3.8, 4) is 0 Å². The molecule has 0 aliphatic rings. The van der Waals surface area contributed by atoms with Gasteiger partial charge in [0.25, 0.3) is 5.91 Å². The second kappa shape index (κ2) is 6.33. The fourth-order valence-electron chi connectivity index (χ4n) is 1.66. The molecule has 1 aromatic carbocycles. The van der Waals surface area contributed by atoms with E-state index >= 15 is 0 Å². The maximum atomic E-state index is 13.6. The van der Waals surface area contributed by atoms with Crippen molar-refractivity contribution in [3.63, 3.8) is 0 Å². The number of nitrogens with two attached hydrogens (primary N) is 1. The first-order valence-corrected chi connectivity index (χ1v) is 6.01. The number of rotatable bonds is 5. The van der Waals surface area contributed by atoms with Gasteiger partial charge >= 0.3 is 0 Å². The van der Waals surface area contributed by atoms with Gasteiger partial charge in [-0.25, -0.2) is 8.78 Å². The molecular weight excluding hydrogens is 238 g/mol. The molecule has 1 unspecified atom stereocenters. The topological polar surface area (TPSA) is 55.1 Å². The van der Waals surface area contributed by atoms with Crippen LogP contribution in [0.1, 0.15) is 43.5 Å². The fraction of sp³-hybridized carbons (Fsp3) is 0.462. The number of halogens is 2. The highest BCUT2D eigenvalue weighted by atomic mass is 19.1. The average molecular weight is 256 g/mol. The second-order valence-corrected chi connectivity index (χ2v) is 4.34. The summed E-state index contributed by atoms with van der Waals surface area (Å²) < 4.78 is 27.0. The smallest absolute Gasteiger partial charge is 0.257 e. The third-order valence-electron chi connectivity index (χ3n) is 2.72. The lowest BCUT2D eigenvalue weighted by Gasteiger charge is -2.14. The van der Waals surface area contributed by atoms with Gasteiger partial charge in [-0.3, -0.25) is 4.79 Å². The van der Waals surface area contributed by atoms with Crippen LogP contribution in [0.15, 0.2) is 12.1 Å². The van der Waals surface area contributed by atoms with Gasteiger partial charge < -0.3 is 11.1 Å². The first-order valence-electron chi connectivity index (χ1n) is 6.01. The predicted octanol–water partition coefficient (Wildman–Crippen LogP) is 2.86. The lowest BCUT2D eigenvalue weighted by molar-refractivity contribution is 0.0929. The Morgan fingerprint density at radius 3 is 2.72 bits per heavy atom. The average Bonchev–Trinajstić information content (AvgIpc) is 2.31. The molecule has 3 N–H and O–H groups in total. The van der Waals surface area contributed by atoms with Gasteiger partial charge in [0.2, 0.25) is 0 Å². The molecule has 0 heterocycles. The first kappa shape index (κ1) is 14.4. The summed E-state index contributed by atoms with van der Waals surface area (Å²) in [6.45, 7) is 3.83. The largest absolute Gasteiger partial charge is 0.396 e. The summed E-state index contributed by atoms with van der Waals surface area (Å²) in [5.74, 6) is -2.67. The quantitative estimate of drug-likeness (QED) is 0.796. The van der Waals surface area contributed by atoms with Crippen LogP contribution in [0.3, 0.4) is 0 Å². The summed E-state index contributed by atoms with van der Waals surface area (Å²) in [5.41, 5.74) is 4.47. The third-order valence-corrected chi connectivity index (χ3v) is 2.72. The van der Waals surface area contributed by atoms with Crippen molar-refractivity contribution in [3.05, 3.63) is 29.3 Å². The summed E-state index contributed by atoms with van der Waals surface area (Å²) in [7, 11) is 0.